The van der Waals surface area contributed by atoms with Gasteiger partial charge < -0.3 is 4.74 Å². The minimum absolute atomic E-state index is 0.138. The normalized spacial score (nSPS) is 10.6. The molecule has 0 fully saturated rings. The van der Waals surface area contributed by atoms with Crippen molar-refractivity contribution in [3.05, 3.63) is 28.5 Å². The fourth-order valence-electron chi connectivity index (χ4n) is 1.37. The van der Waals surface area contributed by atoms with E-state index in [0.717, 1.165) is 4.40 Å². The number of nitrogens with zero attached hydrogens (tertiary/aromatic N) is 6. The molecule has 88 valence electrons. The average molecular weight is 240 g/mol. The Morgan fingerprint density at radius 1 is 1.53 bits per heavy atom. The van der Waals surface area contributed by atoms with Crippen molar-refractivity contribution in [1.82, 2.24) is 14.6 Å². The van der Waals surface area contributed by atoms with Gasteiger partial charge in [-0.3, -0.25) is 4.40 Å². The molecule has 0 aliphatic carbocycles. The van der Waals surface area contributed by atoms with Crippen molar-refractivity contribution in [2.24, 2.45) is 5.11 Å². The van der Waals surface area contributed by atoms with E-state index in [4.69, 9.17) is 10.3 Å². The molecule has 0 amide bonds. The molecule has 0 aliphatic heterocycles. The van der Waals surface area contributed by atoms with Crippen molar-refractivity contribution in [3.8, 4) is 5.75 Å². The Kier molecular flexibility index (Phi) is 2.75. The minimum atomic E-state index is -2.78. The van der Waals surface area contributed by atoms with Crippen molar-refractivity contribution in [2.45, 2.75) is 6.43 Å². The fraction of sp³-hybridized carbons (Fsp3) is 0.250. The first-order valence-corrected chi connectivity index (χ1v) is 4.43. The second kappa shape index (κ2) is 4.22. The summed E-state index contributed by atoms with van der Waals surface area (Å²) in [6.45, 7) is 0. The first-order valence-electron chi connectivity index (χ1n) is 4.43. The zero-order valence-corrected chi connectivity index (χ0v) is 8.58. The van der Waals surface area contributed by atoms with Gasteiger partial charge in [0.25, 0.3) is 6.43 Å². The lowest BCUT2D eigenvalue weighted by atomic mass is 10.4. The molecular weight excluding hydrogens is 234 g/mol. The van der Waals surface area contributed by atoms with E-state index in [1.165, 1.54) is 19.4 Å². The summed E-state index contributed by atoms with van der Waals surface area (Å²) in [6, 6.07) is 1.39. The van der Waals surface area contributed by atoms with Gasteiger partial charge in [-0.15, -0.1) is 10.2 Å². The van der Waals surface area contributed by atoms with Crippen molar-refractivity contribution in [2.75, 3.05) is 7.11 Å². The van der Waals surface area contributed by atoms with E-state index in [1.807, 2.05) is 0 Å². The lowest BCUT2D eigenvalue weighted by molar-refractivity contribution is 0.139. The van der Waals surface area contributed by atoms with Gasteiger partial charge in [0.15, 0.2) is 5.75 Å². The van der Waals surface area contributed by atoms with E-state index >= 15 is 0 Å². The number of ether oxygens (including phenoxy) is 1. The van der Waals surface area contributed by atoms with Crippen LogP contribution >= 0.6 is 0 Å². The van der Waals surface area contributed by atoms with Gasteiger partial charge in [0.05, 0.1) is 12.8 Å². The number of methoxy groups -OCH3 is 1. The lowest BCUT2D eigenvalue weighted by Crippen LogP contribution is -1.96. The van der Waals surface area contributed by atoms with E-state index in [9.17, 15) is 8.78 Å². The summed E-state index contributed by atoms with van der Waals surface area (Å²) < 4.78 is 31.2. The molecule has 0 saturated carbocycles. The Labute approximate surface area is 93.3 Å². The van der Waals surface area contributed by atoms with Crippen LogP contribution < -0.4 is 4.74 Å². The second-order valence-corrected chi connectivity index (χ2v) is 3.01. The first-order chi connectivity index (χ1) is 8.17. The highest BCUT2D eigenvalue weighted by Crippen LogP contribution is 2.28. The van der Waals surface area contributed by atoms with Gasteiger partial charge in [-0.25, -0.2) is 8.78 Å². The predicted octanol–water partition coefficient (Wildman–Crippen LogP) is 2.62. The average Bonchev–Trinajstić information content (AvgIpc) is 2.72. The fourth-order valence-corrected chi connectivity index (χ4v) is 1.37. The monoisotopic (exact) mass is 240 g/mol. The number of halogens is 2. The second-order valence-electron chi connectivity index (χ2n) is 3.01. The molecular formula is C8H6F2N6O. The van der Waals surface area contributed by atoms with E-state index in [1.54, 1.807) is 0 Å². The van der Waals surface area contributed by atoms with Gasteiger partial charge in [-0.05, 0) is 11.6 Å². The number of fused-ring (bicyclic) bond motifs is 1. The molecule has 0 bridgehead atoms. The lowest BCUT2D eigenvalue weighted by Gasteiger charge is -2.04. The molecule has 2 aromatic heterocycles. The van der Waals surface area contributed by atoms with Gasteiger partial charge in [0, 0.05) is 11.1 Å². The van der Waals surface area contributed by atoms with Crippen LogP contribution in [0.4, 0.5) is 14.5 Å². The van der Waals surface area contributed by atoms with Crippen molar-refractivity contribution >= 4 is 11.3 Å². The standard InChI is InChI=1S/C8H6F2N6O/c1-17-5-2-4(12-15-11)3-16-7(5)13-14-8(16)6(9)10/h2-3,6H,1H3. The third-order valence-electron chi connectivity index (χ3n) is 2.06. The minimum Gasteiger partial charge on any atom is -0.493 e. The van der Waals surface area contributed by atoms with Gasteiger partial charge in [0.2, 0.25) is 11.5 Å². The number of hydrogen-bond acceptors (Lipinski definition) is 4. The Hall–Kier alpha value is -2.41. The highest BCUT2D eigenvalue weighted by atomic mass is 19.3. The zero-order valence-electron chi connectivity index (χ0n) is 8.58. The van der Waals surface area contributed by atoms with Crippen LogP contribution in [0.25, 0.3) is 16.1 Å². The maximum atomic E-state index is 12.6. The third-order valence-corrected chi connectivity index (χ3v) is 2.06. The van der Waals surface area contributed by atoms with Gasteiger partial charge in [-0.2, -0.15) is 0 Å². The van der Waals surface area contributed by atoms with Crippen LogP contribution in [0.3, 0.4) is 0 Å². The molecule has 2 aromatic rings. The molecule has 7 nitrogen and oxygen atoms in total. The quantitative estimate of drug-likeness (QED) is 0.469. The summed E-state index contributed by atoms with van der Waals surface area (Å²) in [4.78, 5) is 2.57. The molecule has 0 unspecified atom stereocenters. The summed E-state index contributed by atoms with van der Waals surface area (Å²) in [5.74, 6) is -0.331. The van der Waals surface area contributed by atoms with E-state index in [2.05, 4.69) is 20.2 Å². The number of alkyl halides is 2. The topological polar surface area (TPSA) is 88.2 Å². The van der Waals surface area contributed by atoms with Crippen LogP contribution in [0.2, 0.25) is 0 Å². The molecule has 0 saturated heterocycles. The molecule has 2 rings (SSSR count). The molecule has 0 spiro atoms. The molecule has 2 heterocycles. The van der Waals surface area contributed by atoms with Crippen molar-refractivity contribution in [1.29, 1.82) is 0 Å². The number of rotatable bonds is 3. The molecule has 9 heteroatoms. The van der Waals surface area contributed by atoms with Crippen LogP contribution in [0, 0.1) is 0 Å². The smallest absolute Gasteiger partial charge is 0.297 e. The number of aromatic nitrogens is 3. The van der Waals surface area contributed by atoms with Crippen LogP contribution in [0.15, 0.2) is 17.4 Å². The summed E-state index contributed by atoms with van der Waals surface area (Å²) >= 11 is 0. The highest BCUT2D eigenvalue weighted by molar-refractivity contribution is 5.59. The van der Waals surface area contributed by atoms with Crippen molar-refractivity contribution in [3.63, 3.8) is 0 Å². The van der Waals surface area contributed by atoms with E-state index in [-0.39, 0.29) is 17.1 Å². The maximum Gasteiger partial charge on any atom is 0.297 e. The largest absolute Gasteiger partial charge is 0.493 e. The van der Waals surface area contributed by atoms with Gasteiger partial charge in [0.1, 0.15) is 0 Å². The summed E-state index contributed by atoms with van der Waals surface area (Å²) in [6.07, 6.45) is -1.56. The number of pyridine rings is 1. The molecule has 0 N–H and O–H groups in total. The number of azide groups is 1. The molecule has 0 radical (unpaired) electrons. The van der Waals surface area contributed by atoms with Crippen LogP contribution in [0.1, 0.15) is 12.2 Å². The van der Waals surface area contributed by atoms with Crippen molar-refractivity contribution < 1.29 is 13.5 Å². The van der Waals surface area contributed by atoms with E-state index < -0.39 is 12.2 Å². The Balaban J connectivity index is 2.76. The first kappa shape index (κ1) is 11.1. The molecule has 0 aliphatic rings. The summed E-state index contributed by atoms with van der Waals surface area (Å²) in [5, 5.41) is 10.3. The molecule has 0 aromatic carbocycles. The number of hydrogen-bond donors (Lipinski definition) is 0. The Morgan fingerprint density at radius 2 is 2.29 bits per heavy atom. The molecule has 17 heavy (non-hydrogen) atoms. The SMILES string of the molecule is COc1cc(N=[N+]=[N-])cn2c(C(F)F)nnc12. The molecule has 0 atom stereocenters. The summed E-state index contributed by atoms with van der Waals surface area (Å²) in [7, 11) is 1.35. The zero-order chi connectivity index (χ0) is 12.4. The van der Waals surface area contributed by atoms with Crippen LogP contribution in [-0.2, 0) is 0 Å². The third kappa shape index (κ3) is 1.83. The van der Waals surface area contributed by atoms with E-state index in [0.29, 0.717) is 0 Å². The predicted molar refractivity (Wildman–Crippen MR) is 53.3 cm³/mol. The van der Waals surface area contributed by atoms with Crippen LogP contribution in [0.5, 0.6) is 5.75 Å². The maximum absolute atomic E-state index is 12.6. The summed E-state index contributed by atoms with van der Waals surface area (Å²) in [5.41, 5.74) is 8.59. The van der Waals surface area contributed by atoms with Gasteiger partial charge in [-0.1, -0.05) is 5.11 Å². The highest BCUT2D eigenvalue weighted by Gasteiger charge is 2.18. The van der Waals surface area contributed by atoms with Gasteiger partial charge >= 0.3 is 0 Å². The Morgan fingerprint density at radius 3 is 2.88 bits per heavy atom. The Bertz CT molecular complexity index is 603. The van der Waals surface area contributed by atoms with Crippen LogP contribution in [-0.4, -0.2) is 21.7 Å².